The van der Waals surface area contributed by atoms with Crippen molar-refractivity contribution in [1.82, 2.24) is 4.90 Å². The number of amides is 2. The Morgan fingerprint density at radius 1 is 1.00 bits per heavy atom. The summed E-state index contributed by atoms with van der Waals surface area (Å²) in [4.78, 5) is 39.9. The van der Waals surface area contributed by atoms with Gasteiger partial charge in [0.1, 0.15) is 5.75 Å². The zero-order valence-electron chi connectivity index (χ0n) is 15.6. The number of fused-ring (bicyclic) bond motifs is 1. The molecular formula is C21H21N3O4. The molecule has 2 aromatic carbocycles. The molecule has 0 aliphatic carbocycles. The van der Waals surface area contributed by atoms with Gasteiger partial charge in [0.2, 0.25) is 0 Å². The van der Waals surface area contributed by atoms with Crippen LogP contribution in [0.25, 0.3) is 0 Å². The highest BCUT2D eigenvalue weighted by molar-refractivity contribution is 6.39. The number of hydrogen-bond acceptors (Lipinski definition) is 5. The van der Waals surface area contributed by atoms with Gasteiger partial charge in [-0.25, -0.2) is 0 Å². The molecule has 2 heterocycles. The molecule has 0 radical (unpaired) electrons. The van der Waals surface area contributed by atoms with Crippen LogP contribution in [0.4, 0.5) is 11.4 Å². The molecule has 1 saturated heterocycles. The zero-order valence-corrected chi connectivity index (χ0v) is 15.6. The summed E-state index contributed by atoms with van der Waals surface area (Å²) in [6.45, 7) is 4.38. The molecule has 28 heavy (non-hydrogen) atoms. The Balaban J connectivity index is 1.34. The van der Waals surface area contributed by atoms with Crippen molar-refractivity contribution in [2.24, 2.45) is 0 Å². The van der Waals surface area contributed by atoms with Crippen LogP contribution in [-0.2, 0) is 20.8 Å². The Morgan fingerprint density at radius 2 is 1.71 bits per heavy atom. The molecular weight excluding hydrogens is 358 g/mol. The van der Waals surface area contributed by atoms with Crippen molar-refractivity contribution in [1.29, 1.82) is 0 Å². The number of carbonyl (C=O) groups is 3. The number of esters is 1. The van der Waals surface area contributed by atoms with Gasteiger partial charge in [-0.1, -0.05) is 23.8 Å². The van der Waals surface area contributed by atoms with Crippen molar-refractivity contribution in [2.45, 2.75) is 13.3 Å². The van der Waals surface area contributed by atoms with Crippen LogP contribution in [0.2, 0.25) is 0 Å². The lowest BCUT2D eigenvalue weighted by molar-refractivity contribution is -0.143. The maximum absolute atomic E-state index is 12.5. The summed E-state index contributed by atoms with van der Waals surface area (Å²) in [5, 5.41) is 2.60. The number of benzene rings is 2. The minimum absolute atomic E-state index is 0.230. The van der Waals surface area contributed by atoms with Gasteiger partial charge in [-0.15, -0.1) is 0 Å². The van der Waals surface area contributed by atoms with Gasteiger partial charge < -0.3 is 19.9 Å². The number of ether oxygens (including phenoxy) is 1. The van der Waals surface area contributed by atoms with Gasteiger partial charge in [0.15, 0.2) is 0 Å². The number of nitrogens with one attached hydrogen (secondary N) is 1. The molecule has 1 N–H and O–H groups in total. The van der Waals surface area contributed by atoms with E-state index < -0.39 is 11.8 Å². The molecule has 0 bridgehead atoms. The van der Waals surface area contributed by atoms with Crippen LogP contribution >= 0.6 is 0 Å². The first-order valence-electron chi connectivity index (χ1n) is 9.25. The van der Waals surface area contributed by atoms with Crippen molar-refractivity contribution < 1.29 is 19.1 Å². The van der Waals surface area contributed by atoms with Gasteiger partial charge in [-0.2, -0.15) is 0 Å². The number of piperazine rings is 1. The lowest BCUT2D eigenvalue weighted by atomic mass is 10.1. The lowest BCUT2D eigenvalue weighted by Gasteiger charge is -2.35. The second-order valence-corrected chi connectivity index (χ2v) is 7.04. The van der Waals surface area contributed by atoms with Crippen molar-refractivity contribution in [3.8, 4) is 5.75 Å². The van der Waals surface area contributed by atoms with E-state index >= 15 is 0 Å². The van der Waals surface area contributed by atoms with Gasteiger partial charge in [0.05, 0.1) is 6.42 Å². The Kier molecular flexibility index (Phi) is 4.73. The van der Waals surface area contributed by atoms with Crippen molar-refractivity contribution in [2.75, 3.05) is 36.4 Å². The maximum Gasteiger partial charge on any atom is 0.315 e. The van der Waals surface area contributed by atoms with E-state index in [9.17, 15) is 14.4 Å². The SMILES string of the molecule is Cc1ccc(N2CCN(C(=O)C(=O)Nc3ccc4c(c3)OC(=O)C4)CC2)cc1. The van der Waals surface area contributed by atoms with Crippen molar-refractivity contribution in [3.05, 3.63) is 53.6 Å². The highest BCUT2D eigenvalue weighted by Crippen LogP contribution is 2.29. The van der Waals surface area contributed by atoms with E-state index in [1.54, 1.807) is 23.1 Å². The fourth-order valence-electron chi connectivity index (χ4n) is 3.44. The lowest BCUT2D eigenvalue weighted by Crippen LogP contribution is -2.51. The molecule has 0 saturated carbocycles. The van der Waals surface area contributed by atoms with Gasteiger partial charge in [-0.05, 0) is 25.1 Å². The monoisotopic (exact) mass is 379 g/mol. The molecule has 1 fully saturated rings. The maximum atomic E-state index is 12.5. The molecule has 0 spiro atoms. The normalized spacial score (nSPS) is 15.8. The summed E-state index contributed by atoms with van der Waals surface area (Å²) in [5.74, 6) is -1.13. The van der Waals surface area contributed by atoms with Crippen LogP contribution in [0.1, 0.15) is 11.1 Å². The summed E-state index contributed by atoms with van der Waals surface area (Å²) in [5.41, 5.74) is 3.54. The highest BCUT2D eigenvalue weighted by Gasteiger charge is 2.27. The average molecular weight is 379 g/mol. The standard InChI is InChI=1S/C21H21N3O4/c1-14-2-6-17(7-3-14)23-8-10-24(11-9-23)21(27)20(26)22-16-5-4-15-12-19(25)28-18(15)13-16/h2-7,13H,8-12H2,1H3,(H,22,26). The van der Waals surface area contributed by atoms with Crippen LogP contribution in [-0.4, -0.2) is 48.9 Å². The van der Waals surface area contributed by atoms with E-state index in [0.717, 1.165) is 11.3 Å². The first kappa shape index (κ1) is 18.0. The topological polar surface area (TPSA) is 79.0 Å². The molecule has 0 unspecified atom stereocenters. The molecule has 0 aromatic heterocycles. The van der Waals surface area contributed by atoms with Gasteiger partial charge in [0, 0.05) is 49.2 Å². The number of anilines is 2. The molecule has 2 aromatic rings. The summed E-state index contributed by atoms with van der Waals surface area (Å²) in [6, 6.07) is 13.2. The van der Waals surface area contributed by atoms with E-state index in [2.05, 4.69) is 34.5 Å². The number of nitrogens with zero attached hydrogens (tertiary/aromatic N) is 2. The zero-order chi connectivity index (χ0) is 19.7. The van der Waals surface area contributed by atoms with Crippen LogP contribution < -0.4 is 15.0 Å². The second kappa shape index (κ2) is 7.34. The smallest absolute Gasteiger partial charge is 0.315 e. The number of carbonyl (C=O) groups excluding carboxylic acids is 3. The average Bonchev–Trinajstić information content (AvgIpc) is 3.07. The highest BCUT2D eigenvalue weighted by atomic mass is 16.5. The van der Waals surface area contributed by atoms with Gasteiger partial charge >= 0.3 is 17.8 Å². The Hall–Kier alpha value is -3.35. The quantitative estimate of drug-likeness (QED) is 0.489. The predicted molar refractivity (Wildman–Crippen MR) is 104 cm³/mol. The second-order valence-electron chi connectivity index (χ2n) is 7.04. The molecule has 2 aliphatic rings. The third-order valence-corrected chi connectivity index (χ3v) is 5.04. The molecule has 144 valence electrons. The third-order valence-electron chi connectivity index (χ3n) is 5.04. The van der Waals surface area contributed by atoms with Crippen LogP contribution in [0.3, 0.4) is 0 Å². The van der Waals surface area contributed by atoms with E-state index in [0.29, 0.717) is 37.6 Å². The van der Waals surface area contributed by atoms with Crippen LogP contribution in [0.5, 0.6) is 5.75 Å². The fraction of sp³-hybridized carbons (Fsp3) is 0.286. The molecule has 4 rings (SSSR count). The first-order chi connectivity index (χ1) is 13.5. The largest absolute Gasteiger partial charge is 0.426 e. The Bertz CT molecular complexity index is 931. The molecule has 7 nitrogen and oxygen atoms in total. The van der Waals surface area contributed by atoms with Crippen LogP contribution in [0.15, 0.2) is 42.5 Å². The summed E-state index contributed by atoms with van der Waals surface area (Å²) < 4.78 is 5.08. The minimum atomic E-state index is -0.687. The van der Waals surface area contributed by atoms with Gasteiger partial charge in [-0.3, -0.25) is 14.4 Å². The Labute approximate surface area is 162 Å². The summed E-state index contributed by atoms with van der Waals surface area (Å²) >= 11 is 0. The summed E-state index contributed by atoms with van der Waals surface area (Å²) in [6.07, 6.45) is 0.230. The first-order valence-corrected chi connectivity index (χ1v) is 9.25. The molecule has 2 amide bonds. The van der Waals surface area contributed by atoms with Crippen LogP contribution in [0, 0.1) is 6.92 Å². The predicted octanol–water partition coefficient (Wildman–Crippen LogP) is 1.74. The third kappa shape index (κ3) is 3.69. The fourth-order valence-corrected chi connectivity index (χ4v) is 3.44. The van der Waals surface area contributed by atoms with E-state index in [1.807, 2.05) is 6.92 Å². The molecule has 0 atom stereocenters. The van der Waals surface area contributed by atoms with Crippen molar-refractivity contribution >= 4 is 29.2 Å². The van der Waals surface area contributed by atoms with E-state index in [-0.39, 0.29) is 12.4 Å². The number of hydrogen-bond donors (Lipinski definition) is 1. The molecule has 2 aliphatic heterocycles. The number of aryl methyl sites for hydroxylation is 1. The number of rotatable bonds is 2. The van der Waals surface area contributed by atoms with E-state index in [1.165, 1.54) is 5.56 Å². The van der Waals surface area contributed by atoms with Gasteiger partial charge in [0.25, 0.3) is 0 Å². The molecule has 7 heteroatoms. The van der Waals surface area contributed by atoms with Crippen molar-refractivity contribution in [3.63, 3.8) is 0 Å². The minimum Gasteiger partial charge on any atom is -0.426 e. The summed E-state index contributed by atoms with van der Waals surface area (Å²) in [7, 11) is 0. The van der Waals surface area contributed by atoms with E-state index in [4.69, 9.17) is 4.74 Å². The Morgan fingerprint density at radius 3 is 2.43 bits per heavy atom.